The van der Waals surface area contributed by atoms with Crippen LogP contribution < -0.4 is 5.73 Å². The topological polar surface area (TPSA) is 42.4 Å². The average molecular weight is 250 g/mol. The molecule has 0 amide bonds. The molecule has 0 saturated carbocycles. The molecule has 0 saturated heterocycles. The molecule has 0 aromatic carbocycles. The Bertz CT molecular complexity index is 311. The van der Waals surface area contributed by atoms with Crippen LogP contribution >= 0.6 is 0 Å². The van der Waals surface area contributed by atoms with Gasteiger partial charge in [-0.1, -0.05) is 6.92 Å². The van der Waals surface area contributed by atoms with Gasteiger partial charge in [-0.25, -0.2) is 0 Å². The molecule has 98 valence electrons. The molecule has 1 aromatic heterocycles. The molecule has 1 unspecified atom stereocenters. The standard InChI is InChI=1S/C11H17F3N2O/c1-2-16(8-9-4-3-7-17-9)10(5-6-15)11(12,13)14/h3-4,7,10H,2,5-6,8,15H2,1H3. The van der Waals surface area contributed by atoms with Crippen molar-refractivity contribution in [1.29, 1.82) is 0 Å². The Labute approximate surface area is 98.4 Å². The minimum absolute atomic E-state index is 0.0127. The molecule has 17 heavy (non-hydrogen) atoms. The van der Waals surface area contributed by atoms with Crippen LogP contribution in [0.1, 0.15) is 19.1 Å². The van der Waals surface area contributed by atoms with Gasteiger partial charge in [-0.15, -0.1) is 0 Å². The first kappa shape index (κ1) is 14.1. The van der Waals surface area contributed by atoms with Gasteiger partial charge in [-0.05, 0) is 31.6 Å². The molecule has 1 atom stereocenters. The maximum Gasteiger partial charge on any atom is 0.404 e. The third-order valence-corrected chi connectivity index (χ3v) is 2.60. The fourth-order valence-corrected chi connectivity index (χ4v) is 1.76. The van der Waals surface area contributed by atoms with E-state index in [1.807, 2.05) is 0 Å². The molecule has 0 spiro atoms. The molecule has 1 aromatic rings. The molecular formula is C11H17F3N2O. The summed E-state index contributed by atoms with van der Waals surface area (Å²) in [4.78, 5) is 1.33. The Hall–Kier alpha value is -1.01. The zero-order valence-corrected chi connectivity index (χ0v) is 9.70. The lowest BCUT2D eigenvalue weighted by atomic mass is 10.1. The Morgan fingerprint density at radius 1 is 1.47 bits per heavy atom. The van der Waals surface area contributed by atoms with Crippen molar-refractivity contribution in [2.45, 2.75) is 32.1 Å². The van der Waals surface area contributed by atoms with E-state index < -0.39 is 12.2 Å². The summed E-state index contributed by atoms with van der Waals surface area (Å²) in [5.41, 5.74) is 5.24. The van der Waals surface area contributed by atoms with E-state index in [4.69, 9.17) is 10.2 Å². The van der Waals surface area contributed by atoms with E-state index in [1.165, 1.54) is 11.2 Å². The minimum Gasteiger partial charge on any atom is -0.468 e. The van der Waals surface area contributed by atoms with Crippen molar-refractivity contribution < 1.29 is 17.6 Å². The fourth-order valence-electron chi connectivity index (χ4n) is 1.76. The number of rotatable bonds is 6. The second-order valence-corrected chi connectivity index (χ2v) is 3.78. The van der Waals surface area contributed by atoms with Gasteiger partial charge in [-0.3, -0.25) is 4.90 Å². The first-order chi connectivity index (χ1) is 7.99. The largest absolute Gasteiger partial charge is 0.468 e. The van der Waals surface area contributed by atoms with Crippen molar-refractivity contribution >= 4 is 0 Å². The third-order valence-electron chi connectivity index (χ3n) is 2.60. The summed E-state index contributed by atoms with van der Waals surface area (Å²) >= 11 is 0. The summed E-state index contributed by atoms with van der Waals surface area (Å²) in [6, 6.07) is 1.82. The van der Waals surface area contributed by atoms with Crippen molar-refractivity contribution in [2.75, 3.05) is 13.1 Å². The van der Waals surface area contributed by atoms with Crippen molar-refractivity contribution in [1.82, 2.24) is 4.90 Å². The molecule has 3 nitrogen and oxygen atoms in total. The van der Waals surface area contributed by atoms with E-state index >= 15 is 0 Å². The summed E-state index contributed by atoms with van der Waals surface area (Å²) in [6.07, 6.45) is -2.91. The highest BCUT2D eigenvalue weighted by atomic mass is 19.4. The van der Waals surface area contributed by atoms with E-state index in [1.54, 1.807) is 19.1 Å². The van der Waals surface area contributed by atoms with Gasteiger partial charge in [0.05, 0.1) is 12.8 Å². The summed E-state index contributed by atoms with van der Waals surface area (Å²) in [5.74, 6) is 0.526. The first-order valence-corrected chi connectivity index (χ1v) is 5.52. The molecular weight excluding hydrogens is 233 g/mol. The summed E-state index contributed by atoms with van der Waals surface area (Å²) in [7, 11) is 0. The molecule has 0 aliphatic rings. The smallest absolute Gasteiger partial charge is 0.404 e. The van der Waals surface area contributed by atoms with E-state index in [0.29, 0.717) is 12.3 Å². The number of alkyl halides is 3. The van der Waals surface area contributed by atoms with E-state index in [-0.39, 0.29) is 19.5 Å². The third kappa shape index (κ3) is 4.05. The van der Waals surface area contributed by atoms with Crippen molar-refractivity contribution in [2.24, 2.45) is 5.73 Å². The normalized spacial score (nSPS) is 14.2. The quantitative estimate of drug-likeness (QED) is 0.842. The number of hydrogen-bond acceptors (Lipinski definition) is 3. The lowest BCUT2D eigenvalue weighted by Crippen LogP contribution is -2.46. The van der Waals surface area contributed by atoms with Crippen molar-refractivity contribution in [3.05, 3.63) is 24.2 Å². The van der Waals surface area contributed by atoms with Gasteiger partial charge in [0.1, 0.15) is 11.8 Å². The molecule has 0 radical (unpaired) electrons. The number of hydrogen-bond donors (Lipinski definition) is 1. The maximum absolute atomic E-state index is 12.8. The highest BCUT2D eigenvalue weighted by molar-refractivity contribution is 4.98. The van der Waals surface area contributed by atoms with Crippen molar-refractivity contribution in [3.63, 3.8) is 0 Å². The van der Waals surface area contributed by atoms with Gasteiger partial charge in [0.25, 0.3) is 0 Å². The van der Waals surface area contributed by atoms with Gasteiger partial charge in [0.15, 0.2) is 0 Å². The average Bonchev–Trinajstić information content (AvgIpc) is 2.74. The summed E-state index contributed by atoms with van der Waals surface area (Å²) in [6.45, 7) is 2.15. The van der Waals surface area contributed by atoms with Crippen LogP contribution in [-0.2, 0) is 6.54 Å². The number of nitrogens with two attached hydrogens (primary N) is 1. The van der Waals surface area contributed by atoms with Gasteiger partial charge in [0, 0.05) is 0 Å². The lowest BCUT2D eigenvalue weighted by Gasteiger charge is -2.31. The Morgan fingerprint density at radius 3 is 2.59 bits per heavy atom. The second kappa shape index (κ2) is 6.07. The molecule has 2 N–H and O–H groups in total. The Balaban J connectivity index is 2.74. The van der Waals surface area contributed by atoms with Gasteiger partial charge < -0.3 is 10.2 Å². The van der Waals surface area contributed by atoms with Crippen LogP contribution in [0, 0.1) is 0 Å². The number of halogens is 3. The lowest BCUT2D eigenvalue weighted by molar-refractivity contribution is -0.186. The molecule has 6 heteroatoms. The predicted octanol–water partition coefficient (Wildman–Crippen LogP) is 2.38. The zero-order chi connectivity index (χ0) is 12.9. The maximum atomic E-state index is 12.8. The minimum atomic E-state index is -4.26. The summed E-state index contributed by atoms with van der Waals surface area (Å²) < 4.78 is 43.6. The highest BCUT2D eigenvalue weighted by Crippen LogP contribution is 2.28. The highest BCUT2D eigenvalue weighted by Gasteiger charge is 2.42. The molecule has 1 rings (SSSR count). The van der Waals surface area contributed by atoms with E-state index in [9.17, 15) is 13.2 Å². The van der Waals surface area contributed by atoms with Gasteiger partial charge in [-0.2, -0.15) is 13.2 Å². The fraction of sp³-hybridized carbons (Fsp3) is 0.636. The molecule has 0 aliphatic heterocycles. The number of nitrogens with zero attached hydrogens (tertiary/aromatic N) is 1. The molecule has 0 fully saturated rings. The molecule has 1 heterocycles. The van der Waals surface area contributed by atoms with Crippen LogP contribution in [0.25, 0.3) is 0 Å². The van der Waals surface area contributed by atoms with Crippen LogP contribution in [0.4, 0.5) is 13.2 Å². The van der Waals surface area contributed by atoms with E-state index in [2.05, 4.69) is 0 Å². The first-order valence-electron chi connectivity index (χ1n) is 5.52. The second-order valence-electron chi connectivity index (χ2n) is 3.78. The van der Waals surface area contributed by atoms with Crippen LogP contribution in [0.3, 0.4) is 0 Å². The molecule has 0 aliphatic carbocycles. The number of furan rings is 1. The van der Waals surface area contributed by atoms with Gasteiger partial charge >= 0.3 is 6.18 Å². The van der Waals surface area contributed by atoms with E-state index in [0.717, 1.165) is 0 Å². The van der Waals surface area contributed by atoms with Crippen LogP contribution in [-0.4, -0.2) is 30.2 Å². The van der Waals surface area contributed by atoms with Gasteiger partial charge in [0.2, 0.25) is 0 Å². The van der Waals surface area contributed by atoms with Crippen LogP contribution in [0.2, 0.25) is 0 Å². The predicted molar refractivity (Wildman–Crippen MR) is 58.3 cm³/mol. The van der Waals surface area contributed by atoms with Crippen LogP contribution in [0.5, 0.6) is 0 Å². The SMILES string of the molecule is CCN(Cc1ccco1)C(CCN)C(F)(F)F. The summed E-state index contributed by atoms with van der Waals surface area (Å²) in [5, 5.41) is 0. The van der Waals surface area contributed by atoms with Crippen molar-refractivity contribution in [3.8, 4) is 0 Å². The monoisotopic (exact) mass is 250 g/mol. The Kier molecular flexibility index (Phi) is 5.02. The Morgan fingerprint density at radius 2 is 2.18 bits per heavy atom. The molecule has 0 bridgehead atoms. The van der Waals surface area contributed by atoms with Crippen LogP contribution in [0.15, 0.2) is 22.8 Å². The zero-order valence-electron chi connectivity index (χ0n) is 9.70.